The first-order chi connectivity index (χ1) is 14.2. The molecule has 5 nitrogen and oxygen atoms in total. The highest BCUT2D eigenvalue weighted by molar-refractivity contribution is 6.31. The van der Waals surface area contributed by atoms with Gasteiger partial charge in [0.25, 0.3) is 5.91 Å². The quantitative estimate of drug-likeness (QED) is 0.784. The van der Waals surface area contributed by atoms with Gasteiger partial charge < -0.3 is 10.2 Å². The van der Waals surface area contributed by atoms with Gasteiger partial charge in [-0.15, -0.1) is 0 Å². The van der Waals surface area contributed by atoms with E-state index in [0.29, 0.717) is 31.2 Å². The summed E-state index contributed by atoms with van der Waals surface area (Å²) in [6, 6.07) is 10.1. The zero-order chi connectivity index (χ0) is 21.8. The van der Waals surface area contributed by atoms with Crippen LogP contribution in [0, 0.1) is 19.7 Å². The average Bonchev–Trinajstić information content (AvgIpc) is 2.71. The molecule has 1 atom stereocenters. The normalized spacial score (nSPS) is 15.7. The minimum Gasteiger partial charge on any atom is -0.348 e. The molecule has 3 rings (SSSR count). The van der Waals surface area contributed by atoms with Gasteiger partial charge in [0.1, 0.15) is 5.82 Å². The SMILES string of the molecule is Cc1ccc(C(C)NC(=O)CN2CCN(C(=O)c3cc(Cl)ccc3F)CC2)cc1C. The summed E-state index contributed by atoms with van der Waals surface area (Å²) in [6.45, 7) is 8.34. The number of amides is 2. The average molecular weight is 432 g/mol. The number of carbonyl (C=O) groups excluding carboxylic acids is 2. The number of hydrogen-bond acceptors (Lipinski definition) is 3. The predicted molar refractivity (Wildman–Crippen MR) is 116 cm³/mol. The molecule has 1 unspecified atom stereocenters. The molecule has 160 valence electrons. The van der Waals surface area contributed by atoms with Gasteiger partial charge in [-0.25, -0.2) is 4.39 Å². The van der Waals surface area contributed by atoms with Crippen LogP contribution in [-0.4, -0.2) is 54.3 Å². The van der Waals surface area contributed by atoms with Crippen molar-refractivity contribution in [3.63, 3.8) is 0 Å². The van der Waals surface area contributed by atoms with Crippen LogP contribution >= 0.6 is 11.6 Å². The van der Waals surface area contributed by atoms with E-state index in [1.54, 1.807) is 4.90 Å². The number of aryl methyl sites for hydroxylation is 2. The molecule has 0 spiro atoms. The summed E-state index contributed by atoms with van der Waals surface area (Å²) >= 11 is 5.89. The van der Waals surface area contributed by atoms with Crippen LogP contribution in [0.3, 0.4) is 0 Å². The van der Waals surface area contributed by atoms with E-state index in [2.05, 4.69) is 31.3 Å². The van der Waals surface area contributed by atoms with Crippen LogP contribution in [0.5, 0.6) is 0 Å². The molecule has 1 N–H and O–H groups in total. The number of nitrogens with one attached hydrogen (secondary N) is 1. The monoisotopic (exact) mass is 431 g/mol. The number of halogens is 2. The largest absolute Gasteiger partial charge is 0.348 e. The summed E-state index contributed by atoms with van der Waals surface area (Å²) in [6.07, 6.45) is 0. The molecule has 1 saturated heterocycles. The highest BCUT2D eigenvalue weighted by Gasteiger charge is 2.25. The van der Waals surface area contributed by atoms with E-state index in [0.717, 1.165) is 5.56 Å². The third-order valence-electron chi connectivity index (χ3n) is 5.59. The Morgan fingerprint density at radius 2 is 1.77 bits per heavy atom. The Labute approximate surface area is 181 Å². The van der Waals surface area contributed by atoms with Crippen molar-refractivity contribution in [2.24, 2.45) is 0 Å². The van der Waals surface area contributed by atoms with Gasteiger partial charge >= 0.3 is 0 Å². The van der Waals surface area contributed by atoms with Crippen molar-refractivity contribution in [1.29, 1.82) is 0 Å². The lowest BCUT2D eigenvalue weighted by Crippen LogP contribution is -2.51. The molecule has 7 heteroatoms. The number of nitrogens with zero attached hydrogens (tertiary/aromatic N) is 2. The van der Waals surface area contributed by atoms with Gasteiger partial charge in [-0.2, -0.15) is 0 Å². The van der Waals surface area contributed by atoms with Gasteiger partial charge in [0.2, 0.25) is 5.91 Å². The lowest BCUT2D eigenvalue weighted by atomic mass is 10.0. The van der Waals surface area contributed by atoms with Gasteiger partial charge in [0.15, 0.2) is 0 Å². The summed E-state index contributed by atoms with van der Waals surface area (Å²) in [7, 11) is 0. The summed E-state index contributed by atoms with van der Waals surface area (Å²) in [5, 5.41) is 3.37. The first-order valence-electron chi connectivity index (χ1n) is 10.1. The van der Waals surface area contributed by atoms with Gasteiger partial charge in [-0.05, 0) is 55.7 Å². The van der Waals surface area contributed by atoms with E-state index in [9.17, 15) is 14.0 Å². The molecule has 0 saturated carbocycles. The van der Waals surface area contributed by atoms with E-state index >= 15 is 0 Å². The summed E-state index contributed by atoms with van der Waals surface area (Å²) in [5.41, 5.74) is 3.48. The van der Waals surface area contributed by atoms with Gasteiger partial charge in [0.05, 0.1) is 18.2 Å². The smallest absolute Gasteiger partial charge is 0.256 e. The third kappa shape index (κ3) is 5.37. The van der Waals surface area contributed by atoms with Crippen molar-refractivity contribution >= 4 is 23.4 Å². The van der Waals surface area contributed by atoms with Crippen LogP contribution in [0.15, 0.2) is 36.4 Å². The lowest BCUT2D eigenvalue weighted by Gasteiger charge is -2.34. The second-order valence-corrected chi connectivity index (χ2v) is 8.26. The molecule has 2 aromatic rings. The molecule has 1 aliphatic rings. The fourth-order valence-electron chi connectivity index (χ4n) is 3.55. The van der Waals surface area contributed by atoms with Crippen LogP contribution in [0.25, 0.3) is 0 Å². The number of benzene rings is 2. The molecule has 1 heterocycles. The molecule has 2 aromatic carbocycles. The number of rotatable bonds is 5. The number of hydrogen-bond donors (Lipinski definition) is 1. The highest BCUT2D eigenvalue weighted by atomic mass is 35.5. The van der Waals surface area contributed by atoms with E-state index in [4.69, 9.17) is 11.6 Å². The Kier molecular flexibility index (Phi) is 7.10. The maximum atomic E-state index is 14.0. The summed E-state index contributed by atoms with van der Waals surface area (Å²) in [5.74, 6) is -1.00. The van der Waals surface area contributed by atoms with Crippen LogP contribution in [0.2, 0.25) is 5.02 Å². The second-order valence-electron chi connectivity index (χ2n) is 7.83. The predicted octanol–water partition coefficient (Wildman–Crippen LogP) is 3.73. The molecular weight excluding hydrogens is 405 g/mol. The Morgan fingerprint density at radius 3 is 2.43 bits per heavy atom. The van der Waals surface area contributed by atoms with Crippen molar-refractivity contribution in [2.75, 3.05) is 32.7 Å². The van der Waals surface area contributed by atoms with E-state index in [-0.39, 0.29) is 30.0 Å². The third-order valence-corrected chi connectivity index (χ3v) is 5.83. The number of carbonyl (C=O) groups is 2. The fraction of sp³-hybridized carbons (Fsp3) is 0.391. The molecule has 0 aromatic heterocycles. The minimum atomic E-state index is -0.577. The molecule has 1 aliphatic heterocycles. The summed E-state index contributed by atoms with van der Waals surface area (Å²) < 4.78 is 14.0. The van der Waals surface area contributed by atoms with Crippen molar-refractivity contribution < 1.29 is 14.0 Å². The second kappa shape index (κ2) is 9.58. The summed E-state index contributed by atoms with van der Waals surface area (Å²) in [4.78, 5) is 28.7. The molecule has 2 amide bonds. The number of piperazine rings is 1. The van der Waals surface area contributed by atoms with Crippen LogP contribution in [0.1, 0.15) is 40.0 Å². The van der Waals surface area contributed by atoms with Gasteiger partial charge in [-0.1, -0.05) is 29.8 Å². The Balaban J connectivity index is 1.50. The van der Waals surface area contributed by atoms with Gasteiger partial charge in [-0.3, -0.25) is 14.5 Å². The first kappa shape index (κ1) is 22.2. The van der Waals surface area contributed by atoms with Crippen LogP contribution in [0.4, 0.5) is 4.39 Å². The van der Waals surface area contributed by atoms with Crippen molar-refractivity contribution in [3.05, 3.63) is 69.5 Å². The molecule has 0 aliphatic carbocycles. The van der Waals surface area contributed by atoms with E-state index in [1.807, 2.05) is 17.9 Å². The zero-order valence-electron chi connectivity index (χ0n) is 17.5. The molecular formula is C23H27ClFN3O2. The fourth-order valence-corrected chi connectivity index (χ4v) is 3.72. The maximum Gasteiger partial charge on any atom is 0.256 e. The molecule has 0 radical (unpaired) electrons. The maximum absolute atomic E-state index is 14.0. The van der Waals surface area contributed by atoms with Gasteiger partial charge in [0, 0.05) is 31.2 Å². The van der Waals surface area contributed by atoms with E-state index < -0.39 is 5.82 Å². The Bertz CT molecular complexity index is 942. The van der Waals surface area contributed by atoms with E-state index in [1.165, 1.54) is 29.3 Å². The van der Waals surface area contributed by atoms with Crippen LogP contribution in [-0.2, 0) is 4.79 Å². The molecule has 1 fully saturated rings. The minimum absolute atomic E-state index is 0.0177. The first-order valence-corrected chi connectivity index (χ1v) is 10.5. The standard InChI is InChI=1S/C23H27ClFN3O2/c1-15-4-5-18(12-16(15)2)17(3)26-22(29)14-27-8-10-28(11-9-27)23(30)20-13-19(24)6-7-21(20)25/h4-7,12-13,17H,8-11,14H2,1-3H3,(H,26,29). The Hall–Kier alpha value is -2.44. The van der Waals surface area contributed by atoms with Crippen LogP contribution < -0.4 is 5.32 Å². The lowest BCUT2D eigenvalue weighted by molar-refractivity contribution is -0.123. The Morgan fingerprint density at radius 1 is 1.07 bits per heavy atom. The van der Waals surface area contributed by atoms with Crippen molar-refractivity contribution in [1.82, 2.24) is 15.1 Å². The topological polar surface area (TPSA) is 52.7 Å². The van der Waals surface area contributed by atoms with Crippen molar-refractivity contribution in [2.45, 2.75) is 26.8 Å². The zero-order valence-corrected chi connectivity index (χ0v) is 18.3. The molecule has 0 bridgehead atoms. The highest BCUT2D eigenvalue weighted by Crippen LogP contribution is 2.19. The molecule has 30 heavy (non-hydrogen) atoms. The van der Waals surface area contributed by atoms with Crippen molar-refractivity contribution in [3.8, 4) is 0 Å².